The number of ketones is 1. The number of carboxylic acids is 1. The number of nitrogens with zero attached hydrogens (tertiary/aromatic N) is 2. The van der Waals surface area contributed by atoms with Gasteiger partial charge in [-0.1, -0.05) is 304 Å². The van der Waals surface area contributed by atoms with Crippen LogP contribution < -0.4 is 41.3 Å². The molecule has 10 rings (SSSR count). The van der Waals surface area contributed by atoms with E-state index in [1.165, 1.54) is 34.1 Å². The van der Waals surface area contributed by atoms with Crippen LogP contribution in [0.25, 0.3) is 0 Å². The molecule has 2 fully saturated rings. The van der Waals surface area contributed by atoms with Crippen LogP contribution in [0.3, 0.4) is 0 Å². The molecule has 3 unspecified atom stereocenters. The fraction of sp³-hybridized carbons (Fsp3) is 0.543. The van der Waals surface area contributed by atoms with E-state index in [1.807, 2.05) is 36.4 Å². The van der Waals surface area contributed by atoms with E-state index in [0.29, 0.717) is 73.9 Å². The summed E-state index contributed by atoms with van der Waals surface area (Å²) in [5.41, 5.74) is 3.40. The topological polar surface area (TPSA) is 416 Å². The molecule has 135 heavy (non-hydrogen) atoms. The first-order valence-corrected chi connectivity index (χ1v) is 51.9. The Morgan fingerprint density at radius 2 is 0.696 bits per heavy atom. The van der Waals surface area contributed by atoms with Crippen molar-refractivity contribution in [1.82, 2.24) is 51.1 Å². The van der Waals surface area contributed by atoms with E-state index < -0.39 is 85.7 Å². The number of rotatable bonds is 59. The van der Waals surface area contributed by atoms with Crippen LogP contribution in [0, 0.1) is 29.6 Å². The van der Waals surface area contributed by atoms with Gasteiger partial charge in [0.2, 0.25) is 49.5 Å². The number of hydrogen-bond donors (Lipinski definition) is 10. The van der Waals surface area contributed by atoms with Gasteiger partial charge in [-0.2, -0.15) is 0 Å². The van der Waals surface area contributed by atoms with Gasteiger partial charge in [0.15, 0.2) is 6.10 Å². The number of benzene rings is 6. The minimum absolute atomic E-state index is 0. The predicted molar refractivity (Wildman–Crippen MR) is 523 cm³/mol. The van der Waals surface area contributed by atoms with E-state index in [2.05, 4.69) is 62.1 Å². The second-order valence-corrected chi connectivity index (χ2v) is 39.5. The lowest BCUT2D eigenvalue weighted by Gasteiger charge is -2.29. The monoisotopic (exact) mass is 1900 g/mol. The predicted octanol–water partition coefficient (Wildman–Crippen LogP) is 15.3. The minimum atomic E-state index is -3.81. The molecular weight excluding hydrogens is 1750 g/mol. The highest BCUT2D eigenvalue weighted by Crippen LogP contribution is 2.37. The van der Waals surface area contributed by atoms with Crippen molar-refractivity contribution < 1.29 is 84.6 Å². The number of unbranched alkanes of at least 4 members (excludes halogenated alkanes) is 16. The van der Waals surface area contributed by atoms with Crippen LogP contribution in [0.2, 0.25) is 0 Å². The Morgan fingerprint density at radius 3 is 1.08 bits per heavy atom. The van der Waals surface area contributed by atoms with Crippen molar-refractivity contribution in [2.45, 2.75) is 306 Å². The maximum Gasteiger partial charge on any atom is 0.306 e. The van der Waals surface area contributed by atoms with E-state index in [0.717, 1.165) is 191 Å². The van der Waals surface area contributed by atoms with Crippen LogP contribution in [0.4, 0.5) is 0 Å². The lowest BCUT2D eigenvalue weighted by molar-refractivity contribution is -0.141. The van der Waals surface area contributed by atoms with Crippen LogP contribution in [0.5, 0.6) is 0 Å². The molecule has 0 aromatic heterocycles. The quantitative estimate of drug-likeness (QED) is 0.00963. The number of sulfonamides is 2. The lowest BCUT2D eigenvalue weighted by Crippen LogP contribution is -2.57. The molecule has 28 nitrogen and oxygen atoms in total. The van der Waals surface area contributed by atoms with Crippen LogP contribution in [-0.2, 0) is 71.2 Å². The summed E-state index contributed by atoms with van der Waals surface area (Å²) in [5.74, 6) is -5.63. The van der Waals surface area contributed by atoms with Crippen LogP contribution in [0.1, 0.15) is 306 Å². The number of nitrogens with one attached hydrogen (secondary N) is 8. The van der Waals surface area contributed by atoms with Crippen molar-refractivity contribution in [3.8, 4) is 0 Å². The third-order valence-corrected chi connectivity index (χ3v) is 28.7. The minimum Gasteiger partial charge on any atom is -0.481 e. The molecule has 6 aromatic carbocycles. The van der Waals surface area contributed by atoms with E-state index in [9.17, 15) is 79.5 Å². The first-order chi connectivity index (χ1) is 64.7. The smallest absolute Gasteiger partial charge is 0.306 e. The summed E-state index contributed by atoms with van der Waals surface area (Å²) < 4.78 is 55.3. The highest BCUT2D eigenvalue weighted by molar-refractivity contribution is 7.89. The van der Waals surface area contributed by atoms with Crippen LogP contribution >= 0.6 is 0 Å². The van der Waals surface area contributed by atoms with Crippen molar-refractivity contribution in [2.75, 3.05) is 39.3 Å². The number of hydrogen-bond acceptors (Lipinski definition) is 17. The lowest BCUT2D eigenvalue weighted by atomic mass is 9.85. The third kappa shape index (κ3) is 36.7. The standard InChI is InChI=1S/C48H65N5O8S.C48H63N5O8S.C8H16O2.CH4/c2*1-2-3-10-30-41(45(56)52-42(34-35-21-11-8-12-22-35)43(54)46(57)49-31-32-50-62(60,61)37-25-13-9-14-26-37)51-44(55)38(36-23-16-17-24-36)27-15-6-4-5-7-20-33-53-47(58)39-28-18-19-29-40(39)48(53)59;1-3-4-5-6-7(2)8(9)10;/h8-9,11-14,18-19,21-22,25-26,28-29,36,38,41-43,50,54H,2-7,10,15-17,20,23-24,27,30-34H2,1H3,(H,49,57)(H,51,55)(H,52,56);8-9,11-14,18-19,21-22,25-26,28-29,36,38,41-42,50H,2-7,10,15-17,20,23-24,27,30-34H2,1H3,(H,49,57)(H,51,55)(H,52,56);7H,3-6H2,1-2H3,(H,9,10);1H4/t38?,41-,42-,43?;38?,41-,42-;7-;/m001./s1. The molecule has 738 valence electrons. The highest BCUT2D eigenvalue weighted by atomic mass is 32.2. The molecule has 2 aliphatic carbocycles. The van der Waals surface area contributed by atoms with Crippen molar-refractivity contribution in [1.29, 1.82) is 0 Å². The Bertz CT molecular complexity index is 4870. The average Bonchev–Trinajstić information content (AvgIpc) is 1.64. The highest BCUT2D eigenvalue weighted by Gasteiger charge is 2.40. The maximum absolute atomic E-state index is 14.2. The summed E-state index contributed by atoms with van der Waals surface area (Å²) in [6.07, 6.45) is 28.7. The zero-order chi connectivity index (χ0) is 96.6. The van der Waals surface area contributed by atoms with Gasteiger partial charge in [0.05, 0.1) is 44.0 Å². The van der Waals surface area contributed by atoms with Gasteiger partial charge in [0.25, 0.3) is 35.4 Å². The van der Waals surface area contributed by atoms with Gasteiger partial charge in [-0.25, -0.2) is 26.3 Å². The third-order valence-electron chi connectivity index (χ3n) is 25.7. The van der Waals surface area contributed by atoms with Gasteiger partial charge in [-0.05, 0) is 149 Å². The number of Topliss-reactive ketones (excluding diaryl/α,β-unsaturated/α-hetero) is 1. The average molecular weight is 1900 g/mol. The number of amides is 10. The van der Waals surface area contributed by atoms with E-state index in [4.69, 9.17) is 5.11 Å². The van der Waals surface area contributed by atoms with E-state index >= 15 is 0 Å². The Kier molecular flexibility index (Phi) is 49.5. The van der Waals surface area contributed by atoms with Gasteiger partial charge in [-0.3, -0.25) is 67.3 Å². The van der Waals surface area contributed by atoms with Crippen molar-refractivity contribution in [3.63, 3.8) is 0 Å². The second kappa shape index (κ2) is 60.0. The number of aliphatic hydroxyl groups is 1. The van der Waals surface area contributed by atoms with Gasteiger partial charge in [-0.15, -0.1) is 0 Å². The number of imide groups is 2. The fourth-order valence-corrected chi connectivity index (χ4v) is 20.0. The van der Waals surface area contributed by atoms with Crippen molar-refractivity contribution in [2.24, 2.45) is 29.6 Å². The molecule has 2 aliphatic heterocycles. The largest absolute Gasteiger partial charge is 0.481 e. The Hall–Kier alpha value is -10.7. The molecule has 8 atom stereocenters. The summed E-state index contributed by atoms with van der Waals surface area (Å²) in [7, 11) is -7.60. The molecule has 0 saturated heterocycles. The number of aliphatic carboxylic acids is 1. The Morgan fingerprint density at radius 1 is 0.370 bits per heavy atom. The molecule has 30 heteroatoms. The van der Waals surface area contributed by atoms with E-state index in [-0.39, 0.29) is 121 Å². The van der Waals surface area contributed by atoms with Crippen LogP contribution in [0.15, 0.2) is 180 Å². The molecule has 2 heterocycles. The molecule has 0 radical (unpaired) electrons. The number of carbonyl (C=O) groups is 12. The second-order valence-electron chi connectivity index (χ2n) is 35.9. The summed E-state index contributed by atoms with van der Waals surface area (Å²) in [4.78, 5) is 160. The van der Waals surface area contributed by atoms with Gasteiger partial charge in [0, 0.05) is 57.5 Å². The fourth-order valence-electron chi connectivity index (χ4n) is 17.9. The van der Waals surface area contributed by atoms with Crippen LogP contribution in [-0.4, -0.2) is 177 Å². The number of fused-ring (bicyclic) bond motifs is 2. The van der Waals surface area contributed by atoms with Crippen molar-refractivity contribution in [3.05, 3.63) is 203 Å². The van der Waals surface area contributed by atoms with Crippen molar-refractivity contribution >= 4 is 90.9 Å². The Labute approximate surface area is 800 Å². The first-order valence-electron chi connectivity index (χ1n) is 49.0. The molecular formula is C105H148N10O18S2. The normalized spacial score (nSPS) is 15.4. The number of aliphatic hydroxyl groups excluding tert-OH is 1. The SMILES string of the molecule is C.CCCCC[C@@H](C)C(=O)O.CCCCC[C@H](NC(=O)C(CCCCCCCCN1C(=O)c2ccccc2C1=O)C1CCCC1)C(=O)N[C@@H](Cc1ccccc1)C(=O)C(=O)NCCNS(=O)(=O)c1ccccc1.CCCCC[C@H](NC(=O)C(CCCCCCCCN1C(=O)c2ccccc2C1=O)C1CCCC1)C(=O)N[C@@H](Cc1ccccc1)C(O)C(=O)NCCNS(=O)(=O)c1ccccc1. The first kappa shape index (κ1) is 111. The maximum atomic E-state index is 14.2. The van der Waals surface area contributed by atoms with Gasteiger partial charge in [0.1, 0.15) is 18.1 Å². The molecule has 6 aromatic rings. The number of carbonyl (C=O) groups excluding carboxylic acids is 11. The number of carboxylic acid groups (broad SMARTS) is 1. The molecule has 10 amide bonds. The zero-order valence-corrected chi connectivity index (χ0v) is 80.4. The summed E-state index contributed by atoms with van der Waals surface area (Å²) in [5, 5.41) is 36.8. The van der Waals surface area contributed by atoms with Gasteiger partial charge < -0.3 is 42.1 Å². The summed E-state index contributed by atoms with van der Waals surface area (Å²) in [6.45, 7) is 8.30. The molecule has 0 spiro atoms. The molecule has 2 saturated carbocycles. The summed E-state index contributed by atoms with van der Waals surface area (Å²) >= 11 is 0. The molecule has 4 aliphatic rings. The molecule has 0 bridgehead atoms. The van der Waals surface area contributed by atoms with E-state index in [1.54, 1.807) is 116 Å². The Balaban J connectivity index is 0.000000331. The van der Waals surface area contributed by atoms with Gasteiger partial charge >= 0.3 is 5.97 Å². The summed E-state index contributed by atoms with van der Waals surface area (Å²) in [6, 6.07) is 43.7. The molecule has 10 N–H and O–H groups in total. The zero-order valence-electron chi connectivity index (χ0n) is 78.8.